The third-order valence-electron chi connectivity index (χ3n) is 9.00. The molecule has 5 aliphatic rings. The van der Waals surface area contributed by atoms with Gasteiger partial charge in [-0.1, -0.05) is 13.5 Å². The van der Waals surface area contributed by atoms with Crippen LogP contribution < -0.4 is 0 Å². The summed E-state index contributed by atoms with van der Waals surface area (Å²) in [5.74, 6) is -3.09. The lowest BCUT2D eigenvalue weighted by molar-refractivity contribution is -0.277. The molecule has 0 amide bonds. The SMILES string of the molecule is C=C1C2CC(OC(C)=O)C3(C)C(OC(C)=O)CC4OC4(C)C3C(O)C3(O2)C(C)C(=O)OC3C1Cl. The van der Waals surface area contributed by atoms with Crippen LogP contribution in [0.2, 0.25) is 0 Å². The van der Waals surface area contributed by atoms with Gasteiger partial charge in [-0.3, -0.25) is 14.4 Å². The van der Waals surface area contributed by atoms with Crippen LogP contribution in [0.4, 0.5) is 0 Å². The zero-order valence-corrected chi connectivity index (χ0v) is 20.7. The number of aliphatic hydroxyl groups is 1. The summed E-state index contributed by atoms with van der Waals surface area (Å²) in [5, 5.41) is 11.4. The molecule has 1 spiro atoms. The Labute approximate surface area is 203 Å². The number of rotatable bonds is 2. The van der Waals surface area contributed by atoms with E-state index < -0.39 is 82.3 Å². The van der Waals surface area contributed by atoms with Crippen molar-refractivity contribution in [2.24, 2.45) is 17.3 Å². The van der Waals surface area contributed by atoms with Gasteiger partial charge in [-0.05, 0) is 19.4 Å². The van der Waals surface area contributed by atoms with E-state index in [9.17, 15) is 19.5 Å². The number of hydrogen-bond donors (Lipinski definition) is 1. The Hall–Kier alpha value is -1.68. The monoisotopic (exact) mass is 498 g/mol. The van der Waals surface area contributed by atoms with Crippen molar-refractivity contribution in [1.29, 1.82) is 0 Å². The highest BCUT2D eigenvalue weighted by molar-refractivity contribution is 6.23. The topological polar surface area (TPSA) is 121 Å². The minimum Gasteiger partial charge on any atom is -0.462 e. The largest absolute Gasteiger partial charge is 0.462 e. The molecule has 12 atom stereocenters. The Kier molecular flexibility index (Phi) is 5.24. The molecule has 0 radical (unpaired) electrons. The molecule has 9 nitrogen and oxygen atoms in total. The minimum absolute atomic E-state index is 0.162. The lowest BCUT2D eigenvalue weighted by atomic mass is 9.52. The van der Waals surface area contributed by atoms with Crippen LogP contribution in [0.5, 0.6) is 0 Å². The quantitative estimate of drug-likeness (QED) is 0.199. The van der Waals surface area contributed by atoms with Crippen LogP contribution in [-0.4, -0.2) is 76.2 Å². The van der Waals surface area contributed by atoms with E-state index in [2.05, 4.69) is 6.58 Å². The van der Waals surface area contributed by atoms with Crippen LogP contribution in [0.1, 0.15) is 47.5 Å². The lowest BCUT2D eigenvalue weighted by Gasteiger charge is -2.60. The maximum absolute atomic E-state index is 12.8. The molecule has 4 heterocycles. The summed E-state index contributed by atoms with van der Waals surface area (Å²) in [5.41, 5.74) is -2.88. The van der Waals surface area contributed by atoms with Crippen molar-refractivity contribution >= 4 is 29.5 Å². The van der Waals surface area contributed by atoms with Gasteiger partial charge in [0, 0.05) is 32.6 Å². The van der Waals surface area contributed by atoms with Crippen molar-refractivity contribution in [1.82, 2.24) is 0 Å². The Bertz CT molecular complexity index is 968. The number of halogens is 1. The molecule has 0 aromatic carbocycles. The fourth-order valence-electron chi connectivity index (χ4n) is 7.21. The van der Waals surface area contributed by atoms with E-state index in [0.29, 0.717) is 12.0 Å². The van der Waals surface area contributed by atoms with Crippen molar-refractivity contribution in [3.63, 3.8) is 0 Å². The molecule has 10 heteroatoms. The van der Waals surface area contributed by atoms with Crippen molar-refractivity contribution in [2.75, 3.05) is 0 Å². The molecule has 4 aliphatic heterocycles. The number of aliphatic hydroxyl groups excluding tert-OH is 1. The Morgan fingerprint density at radius 2 is 1.71 bits per heavy atom. The number of fused-ring (bicyclic) bond motifs is 4. The van der Waals surface area contributed by atoms with Crippen LogP contribution in [0.3, 0.4) is 0 Å². The number of carbonyl (C=O) groups is 3. The first-order valence-corrected chi connectivity index (χ1v) is 12.1. The molecule has 2 bridgehead atoms. The second kappa shape index (κ2) is 7.41. The van der Waals surface area contributed by atoms with Gasteiger partial charge in [0.2, 0.25) is 0 Å². The van der Waals surface area contributed by atoms with Gasteiger partial charge in [-0.2, -0.15) is 0 Å². The van der Waals surface area contributed by atoms with Crippen molar-refractivity contribution in [3.8, 4) is 0 Å². The van der Waals surface area contributed by atoms with Gasteiger partial charge in [-0.15, -0.1) is 11.6 Å². The van der Waals surface area contributed by atoms with Gasteiger partial charge in [-0.25, -0.2) is 0 Å². The molecular formula is C24H31ClO9. The van der Waals surface area contributed by atoms with Crippen molar-refractivity contribution < 1.29 is 43.2 Å². The third-order valence-corrected chi connectivity index (χ3v) is 9.51. The van der Waals surface area contributed by atoms with Crippen LogP contribution in [0, 0.1) is 17.3 Å². The number of carbonyl (C=O) groups excluding carboxylic acids is 3. The maximum Gasteiger partial charge on any atom is 0.312 e. The predicted molar refractivity (Wildman–Crippen MR) is 117 cm³/mol. The first-order valence-electron chi connectivity index (χ1n) is 11.7. The van der Waals surface area contributed by atoms with Gasteiger partial charge in [0.05, 0.1) is 40.6 Å². The standard InChI is InChI=1S/C24H31ClO9/c1-9-13-7-14(30-11(3)26)22(5)15(31-12(4)27)8-16-23(6,34-16)18(22)19(28)24(33-13)10(2)21(29)32-20(24)17(9)25/h10,13-20,28H,1,7-8H2,2-6H3. The van der Waals surface area contributed by atoms with Gasteiger partial charge in [0.15, 0.2) is 6.10 Å². The Morgan fingerprint density at radius 3 is 2.29 bits per heavy atom. The number of ether oxygens (including phenoxy) is 5. The van der Waals surface area contributed by atoms with E-state index in [4.69, 9.17) is 35.3 Å². The normalized spacial score (nSPS) is 53.3. The second-order valence-corrected chi connectivity index (χ2v) is 11.2. The summed E-state index contributed by atoms with van der Waals surface area (Å²) in [6.45, 7) is 12.1. The van der Waals surface area contributed by atoms with Crippen LogP contribution in [0.25, 0.3) is 0 Å². The summed E-state index contributed by atoms with van der Waals surface area (Å²) in [7, 11) is 0. The zero-order valence-electron chi connectivity index (χ0n) is 19.9. The molecule has 34 heavy (non-hydrogen) atoms. The van der Waals surface area contributed by atoms with Crippen molar-refractivity contribution in [3.05, 3.63) is 12.2 Å². The number of alkyl halides is 1. The summed E-state index contributed by atoms with van der Waals surface area (Å²) in [6.07, 6.45) is -4.26. The molecule has 5 rings (SSSR count). The number of esters is 3. The molecule has 1 N–H and O–H groups in total. The highest BCUT2D eigenvalue weighted by atomic mass is 35.5. The average Bonchev–Trinajstić information content (AvgIpc) is 3.32. The first kappa shape index (κ1) is 24.0. The van der Waals surface area contributed by atoms with E-state index in [-0.39, 0.29) is 12.5 Å². The molecule has 4 saturated heterocycles. The molecule has 188 valence electrons. The minimum atomic E-state index is -1.47. The van der Waals surface area contributed by atoms with Crippen molar-refractivity contribution in [2.45, 2.75) is 101 Å². The summed E-state index contributed by atoms with van der Waals surface area (Å²) in [4.78, 5) is 37.1. The maximum atomic E-state index is 12.8. The lowest BCUT2D eigenvalue weighted by Crippen LogP contribution is -2.73. The third kappa shape index (κ3) is 2.93. The molecule has 0 aromatic rings. The van der Waals surface area contributed by atoms with Crippen LogP contribution >= 0.6 is 11.6 Å². The van der Waals surface area contributed by atoms with E-state index in [0.717, 1.165) is 0 Å². The zero-order chi connectivity index (χ0) is 25.0. The highest BCUT2D eigenvalue weighted by Gasteiger charge is 2.79. The fraction of sp³-hybridized carbons (Fsp3) is 0.792. The van der Waals surface area contributed by atoms with E-state index in [1.54, 1.807) is 6.92 Å². The van der Waals surface area contributed by atoms with Gasteiger partial charge < -0.3 is 28.8 Å². The molecule has 1 saturated carbocycles. The van der Waals surface area contributed by atoms with E-state index in [1.807, 2.05) is 13.8 Å². The smallest absolute Gasteiger partial charge is 0.312 e. The molecule has 5 fully saturated rings. The number of epoxide rings is 1. The summed E-state index contributed by atoms with van der Waals surface area (Å²) < 4.78 is 29.9. The fourth-order valence-corrected chi connectivity index (χ4v) is 7.60. The predicted octanol–water partition coefficient (Wildman–Crippen LogP) is 1.66. The summed E-state index contributed by atoms with van der Waals surface area (Å²) in [6, 6.07) is 0. The molecule has 12 unspecified atom stereocenters. The molecular weight excluding hydrogens is 468 g/mol. The highest BCUT2D eigenvalue weighted by Crippen LogP contribution is 2.66. The van der Waals surface area contributed by atoms with Crippen LogP contribution in [0.15, 0.2) is 12.2 Å². The van der Waals surface area contributed by atoms with Gasteiger partial charge in [0.1, 0.15) is 17.8 Å². The molecule has 0 aromatic heterocycles. The van der Waals surface area contributed by atoms with E-state index >= 15 is 0 Å². The van der Waals surface area contributed by atoms with Gasteiger partial charge >= 0.3 is 17.9 Å². The Morgan fingerprint density at radius 1 is 1.12 bits per heavy atom. The first-order chi connectivity index (χ1) is 15.8. The van der Waals surface area contributed by atoms with Crippen LogP contribution in [-0.2, 0) is 38.1 Å². The second-order valence-electron chi connectivity index (χ2n) is 10.8. The average molecular weight is 499 g/mol. The van der Waals surface area contributed by atoms with Gasteiger partial charge in [0.25, 0.3) is 0 Å². The summed E-state index contributed by atoms with van der Waals surface area (Å²) >= 11 is 6.75. The Balaban J connectivity index is 1.73. The molecule has 1 aliphatic carbocycles. The number of hydrogen-bond acceptors (Lipinski definition) is 9. The van der Waals surface area contributed by atoms with E-state index in [1.165, 1.54) is 13.8 Å².